The molecule has 0 bridgehead atoms. The molecule has 0 aliphatic carbocycles. The lowest BCUT2D eigenvalue weighted by molar-refractivity contribution is -0.119. The Balaban J connectivity index is 3.07. The van der Waals surface area contributed by atoms with E-state index < -0.39 is 0 Å². The molecule has 6 N–H and O–H groups in total. The first-order valence-corrected chi connectivity index (χ1v) is 3.96. The largest absolute Gasteiger partial charge is 0.399 e. The number of hydrogen-bond acceptors (Lipinski definition) is 3. The number of carbonyl (C=O) groups is 1. The monoisotopic (exact) mass is 179 g/mol. The third kappa shape index (κ3) is 2.11. The van der Waals surface area contributed by atoms with Crippen molar-refractivity contribution in [2.45, 2.75) is 12.8 Å². The van der Waals surface area contributed by atoms with Crippen LogP contribution in [0.4, 0.5) is 11.4 Å². The molecule has 70 valence electrons. The Labute approximate surface area is 76.7 Å². The maximum Gasteiger partial charge on any atom is 0.224 e. The summed E-state index contributed by atoms with van der Waals surface area (Å²) in [6.45, 7) is 1.72. The van der Waals surface area contributed by atoms with Crippen LogP contribution < -0.4 is 17.2 Å². The van der Waals surface area contributed by atoms with Gasteiger partial charge in [-0.05, 0) is 30.7 Å². The molecule has 0 fully saturated rings. The molecule has 1 rings (SSSR count). The van der Waals surface area contributed by atoms with Crippen molar-refractivity contribution in [3.8, 4) is 0 Å². The maximum absolute atomic E-state index is 10.9. The van der Waals surface area contributed by atoms with Crippen molar-refractivity contribution in [3.63, 3.8) is 0 Å². The number of amides is 1. The Kier molecular flexibility index (Phi) is 2.41. The van der Waals surface area contributed by atoms with Crippen LogP contribution in [0.3, 0.4) is 0 Å². The van der Waals surface area contributed by atoms with Crippen LogP contribution >= 0.6 is 0 Å². The van der Waals surface area contributed by atoms with Crippen LogP contribution in [-0.2, 0) is 4.79 Å². The molecule has 0 spiro atoms. The average molecular weight is 179 g/mol. The van der Waals surface area contributed by atoms with Crippen molar-refractivity contribution in [2.24, 2.45) is 5.73 Å². The second kappa shape index (κ2) is 3.35. The maximum atomic E-state index is 10.9. The minimum atomic E-state index is -0.384. The number of rotatable bonds is 2. The van der Waals surface area contributed by atoms with Gasteiger partial charge in [-0.1, -0.05) is 0 Å². The van der Waals surface area contributed by atoms with E-state index in [9.17, 15) is 4.79 Å². The minimum Gasteiger partial charge on any atom is -0.399 e. The summed E-state index contributed by atoms with van der Waals surface area (Å²) in [5.74, 6) is -0.740. The Morgan fingerprint density at radius 1 is 1.23 bits per heavy atom. The van der Waals surface area contributed by atoms with Gasteiger partial charge < -0.3 is 17.2 Å². The first-order valence-electron chi connectivity index (χ1n) is 3.96. The van der Waals surface area contributed by atoms with Crippen LogP contribution in [0, 0.1) is 0 Å². The summed E-state index contributed by atoms with van der Waals surface area (Å²) in [7, 11) is 0. The van der Waals surface area contributed by atoms with Crippen LogP contribution in [0.15, 0.2) is 18.2 Å². The molecule has 0 radical (unpaired) electrons. The van der Waals surface area contributed by atoms with Crippen molar-refractivity contribution in [1.82, 2.24) is 0 Å². The number of anilines is 2. The summed E-state index contributed by atoms with van der Waals surface area (Å²) in [4.78, 5) is 10.9. The van der Waals surface area contributed by atoms with Gasteiger partial charge in [0.1, 0.15) is 0 Å². The molecule has 0 aliphatic rings. The molecule has 0 saturated carbocycles. The molecule has 1 amide bonds. The zero-order valence-corrected chi connectivity index (χ0v) is 7.45. The number of primary amides is 1. The summed E-state index contributed by atoms with van der Waals surface area (Å²) in [6.07, 6.45) is 0. The highest BCUT2D eigenvalue weighted by atomic mass is 16.1. The van der Waals surface area contributed by atoms with E-state index in [1.807, 2.05) is 0 Å². The third-order valence-electron chi connectivity index (χ3n) is 1.93. The highest BCUT2D eigenvalue weighted by Crippen LogP contribution is 2.20. The molecule has 13 heavy (non-hydrogen) atoms. The van der Waals surface area contributed by atoms with Crippen molar-refractivity contribution in [1.29, 1.82) is 0 Å². The molecule has 0 aromatic heterocycles. The first kappa shape index (κ1) is 9.38. The Bertz CT molecular complexity index is 315. The van der Waals surface area contributed by atoms with Crippen molar-refractivity contribution >= 4 is 17.3 Å². The van der Waals surface area contributed by atoms with E-state index in [1.54, 1.807) is 25.1 Å². The number of nitrogen functional groups attached to an aromatic ring is 2. The van der Waals surface area contributed by atoms with E-state index in [-0.39, 0.29) is 11.8 Å². The number of carbonyl (C=O) groups excluding carboxylic acids is 1. The van der Waals surface area contributed by atoms with Gasteiger partial charge in [0.2, 0.25) is 5.91 Å². The fourth-order valence-electron chi connectivity index (χ4n) is 1.12. The number of hydrogen-bond donors (Lipinski definition) is 3. The highest BCUT2D eigenvalue weighted by Gasteiger charge is 2.11. The number of nitrogens with two attached hydrogens (primary N) is 3. The van der Waals surface area contributed by atoms with Crippen LogP contribution in [0.2, 0.25) is 0 Å². The predicted octanol–water partition coefficient (Wildman–Crippen LogP) is 0.440. The van der Waals surface area contributed by atoms with Crippen molar-refractivity contribution in [2.75, 3.05) is 11.5 Å². The van der Waals surface area contributed by atoms with E-state index in [4.69, 9.17) is 17.2 Å². The van der Waals surface area contributed by atoms with E-state index >= 15 is 0 Å². The van der Waals surface area contributed by atoms with Gasteiger partial charge in [0.05, 0.1) is 5.92 Å². The normalized spacial score (nSPS) is 12.4. The molecule has 1 atom stereocenters. The molecule has 0 heterocycles. The van der Waals surface area contributed by atoms with Crippen LogP contribution in [0.5, 0.6) is 0 Å². The Morgan fingerprint density at radius 2 is 1.69 bits per heavy atom. The minimum absolute atomic E-state index is 0.356. The van der Waals surface area contributed by atoms with Crippen LogP contribution in [-0.4, -0.2) is 5.91 Å². The van der Waals surface area contributed by atoms with E-state index in [0.29, 0.717) is 11.4 Å². The molecule has 0 saturated heterocycles. The van der Waals surface area contributed by atoms with Crippen LogP contribution in [0.25, 0.3) is 0 Å². The summed E-state index contributed by atoms with van der Waals surface area (Å²) in [6, 6.07) is 5.04. The van der Waals surface area contributed by atoms with Crippen molar-refractivity contribution in [3.05, 3.63) is 23.8 Å². The van der Waals surface area contributed by atoms with Crippen molar-refractivity contribution < 1.29 is 4.79 Å². The fraction of sp³-hybridized carbons (Fsp3) is 0.222. The standard InChI is InChI=1S/C9H13N3O/c1-5(9(12)13)6-2-7(10)4-8(11)3-6/h2-5H,10-11H2,1H3,(H2,12,13). The van der Waals surface area contributed by atoms with Gasteiger partial charge in [0, 0.05) is 11.4 Å². The van der Waals surface area contributed by atoms with Gasteiger partial charge in [-0.15, -0.1) is 0 Å². The average Bonchev–Trinajstić information content (AvgIpc) is 2.01. The van der Waals surface area contributed by atoms with Gasteiger partial charge in [-0.3, -0.25) is 4.79 Å². The molecular weight excluding hydrogens is 166 g/mol. The van der Waals surface area contributed by atoms with Gasteiger partial charge >= 0.3 is 0 Å². The number of benzene rings is 1. The topological polar surface area (TPSA) is 95.1 Å². The van der Waals surface area contributed by atoms with E-state index in [2.05, 4.69) is 0 Å². The molecule has 0 aliphatic heterocycles. The smallest absolute Gasteiger partial charge is 0.224 e. The second-order valence-corrected chi connectivity index (χ2v) is 3.06. The Hall–Kier alpha value is -1.71. The summed E-state index contributed by atoms with van der Waals surface area (Å²) < 4.78 is 0. The lowest BCUT2D eigenvalue weighted by atomic mass is 9.99. The SMILES string of the molecule is CC(C(N)=O)c1cc(N)cc(N)c1. The zero-order chi connectivity index (χ0) is 10.0. The van der Waals surface area contributed by atoms with Crippen LogP contribution in [0.1, 0.15) is 18.4 Å². The quantitative estimate of drug-likeness (QED) is 0.575. The molecule has 1 aromatic rings. The Morgan fingerprint density at radius 3 is 2.08 bits per heavy atom. The molecule has 4 heteroatoms. The molecule has 1 unspecified atom stereocenters. The summed E-state index contributed by atoms with van der Waals surface area (Å²) >= 11 is 0. The van der Waals surface area contributed by atoms with E-state index in [1.165, 1.54) is 0 Å². The second-order valence-electron chi connectivity index (χ2n) is 3.06. The van der Waals surface area contributed by atoms with Gasteiger partial charge in [-0.25, -0.2) is 0 Å². The van der Waals surface area contributed by atoms with Gasteiger partial charge in [0.25, 0.3) is 0 Å². The lowest BCUT2D eigenvalue weighted by Crippen LogP contribution is -2.18. The highest BCUT2D eigenvalue weighted by molar-refractivity contribution is 5.82. The summed E-state index contributed by atoms with van der Waals surface area (Å²) in [5.41, 5.74) is 18.1. The molecule has 1 aromatic carbocycles. The predicted molar refractivity (Wildman–Crippen MR) is 52.9 cm³/mol. The zero-order valence-electron chi connectivity index (χ0n) is 7.45. The third-order valence-corrected chi connectivity index (χ3v) is 1.93. The lowest BCUT2D eigenvalue weighted by Gasteiger charge is -2.09. The molecular formula is C9H13N3O. The van der Waals surface area contributed by atoms with Gasteiger partial charge in [-0.2, -0.15) is 0 Å². The fourth-order valence-corrected chi connectivity index (χ4v) is 1.12. The molecule has 4 nitrogen and oxygen atoms in total. The first-order chi connectivity index (χ1) is 6.00. The van der Waals surface area contributed by atoms with E-state index in [0.717, 1.165) is 5.56 Å². The van der Waals surface area contributed by atoms with Gasteiger partial charge in [0.15, 0.2) is 0 Å². The summed E-state index contributed by atoms with van der Waals surface area (Å²) in [5, 5.41) is 0.